The summed E-state index contributed by atoms with van der Waals surface area (Å²) in [5.74, 6) is 0.771. The molecule has 0 aliphatic carbocycles. The monoisotopic (exact) mass is 242 g/mol. The Morgan fingerprint density at radius 3 is 2.75 bits per heavy atom. The van der Waals surface area contributed by atoms with Crippen LogP contribution >= 0.6 is 11.8 Å². The highest BCUT2D eigenvalue weighted by atomic mass is 32.2. The van der Waals surface area contributed by atoms with Crippen molar-refractivity contribution in [1.29, 1.82) is 0 Å². The Labute approximate surface area is 101 Å². The molecule has 4 heteroatoms. The van der Waals surface area contributed by atoms with Crippen molar-refractivity contribution in [3.05, 3.63) is 23.5 Å². The number of hydrogen-bond donors (Lipinski definition) is 2. The summed E-state index contributed by atoms with van der Waals surface area (Å²) >= 11 is 1.79. The van der Waals surface area contributed by atoms with Crippen LogP contribution in [0.4, 0.5) is 15.8 Å². The van der Waals surface area contributed by atoms with Crippen molar-refractivity contribution in [1.82, 2.24) is 0 Å². The van der Waals surface area contributed by atoms with Gasteiger partial charge in [-0.1, -0.05) is 6.92 Å². The molecule has 0 radical (unpaired) electrons. The molecule has 3 N–H and O–H groups in total. The molecule has 0 spiro atoms. The quantitative estimate of drug-likeness (QED) is 0.778. The number of halogens is 1. The van der Waals surface area contributed by atoms with Crippen LogP contribution in [0, 0.1) is 12.7 Å². The maximum absolute atomic E-state index is 13.2. The van der Waals surface area contributed by atoms with E-state index < -0.39 is 0 Å². The van der Waals surface area contributed by atoms with Gasteiger partial charge in [0.25, 0.3) is 0 Å². The van der Waals surface area contributed by atoms with Crippen LogP contribution in [0.15, 0.2) is 12.1 Å². The van der Waals surface area contributed by atoms with Crippen LogP contribution in [0.25, 0.3) is 0 Å². The van der Waals surface area contributed by atoms with E-state index in [1.54, 1.807) is 24.8 Å². The summed E-state index contributed by atoms with van der Waals surface area (Å²) in [6.07, 6.45) is 3.10. The summed E-state index contributed by atoms with van der Waals surface area (Å²) < 4.78 is 13.2. The fourth-order valence-electron chi connectivity index (χ4n) is 1.50. The maximum atomic E-state index is 13.2. The fourth-order valence-corrected chi connectivity index (χ4v) is 2.23. The molecule has 16 heavy (non-hydrogen) atoms. The largest absolute Gasteiger partial charge is 0.397 e. The van der Waals surface area contributed by atoms with Crippen LogP contribution in [0.1, 0.15) is 18.9 Å². The number of aryl methyl sites for hydroxylation is 1. The average molecular weight is 242 g/mol. The van der Waals surface area contributed by atoms with Gasteiger partial charge in [0.1, 0.15) is 5.82 Å². The van der Waals surface area contributed by atoms with Crippen molar-refractivity contribution in [2.24, 2.45) is 0 Å². The zero-order valence-corrected chi connectivity index (χ0v) is 10.8. The summed E-state index contributed by atoms with van der Waals surface area (Å²) in [7, 11) is 0. The lowest BCUT2D eigenvalue weighted by atomic mass is 10.1. The molecule has 1 atom stereocenters. The first-order valence-corrected chi connectivity index (χ1v) is 6.79. The van der Waals surface area contributed by atoms with Gasteiger partial charge < -0.3 is 11.1 Å². The van der Waals surface area contributed by atoms with Crippen molar-refractivity contribution in [3.63, 3.8) is 0 Å². The van der Waals surface area contributed by atoms with Crippen molar-refractivity contribution in [2.75, 3.05) is 23.1 Å². The molecule has 1 aromatic carbocycles. The molecule has 0 aliphatic rings. The van der Waals surface area contributed by atoms with Gasteiger partial charge >= 0.3 is 0 Å². The van der Waals surface area contributed by atoms with Gasteiger partial charge in [0.15, 0.2) is 0 Å². The Bertz CT molecular complexity index is 355. The number of nitrogen functional groups attached to an aromatic ring is 1. The third-order valence-corrected chi connectivity index (χ3v) is 3.29. The lowest BCUT2D eigenvalue weighted by Gasteiger charge is -2.19. The van der Waals surface area contributed by atoms with Gasteiger partial charge in [-0.3, -0.25) is 0 Å². The third kappa shape index (κ3) is 3.30. The molecule has 0 amide bonds. The van der Waals surface area contributed by atoms with Crippen LogP contribution in [-0.2, 0) is 0 Å². The molecule has 1 rings (SSSR count). The Morgan fingerprint density at radius 1 is 1.50 bits per heavy atom. The van der Waals surface area contributed by atoms with Crippen LogP contribution in [-0.4, -0.2) is 18.1 Å². The number of nitrogens with two attached hydrogens (primary N) is 1. The minimum absolute atomic E-state index is 0.249. The first-order chi connectivity index (χ1) is 7.58. The smallest absolute Gasteiger partial charge is 0.128 e. The summed E-state index contributed by atoms with van der Waals surface area (Å²) in [5, 5.41) is 3.35. The van der Waals surface area contributed by atoms with E-state index in [-0.39, 0.29) is 5.82 Å². The second kappa shape index (κ2) is 5.99. The second-order valence-corrected chi connectivity index (χ2v) is 4.80. The number of thioether (sulfide) groups is 1. The Balaban J connectivity index is 2.83. The molecular weight excluding hydrogens is 223 g/mol. The standard InChI is InChI=1S/C12H19FN2S/c1-4-9(7-16-3)15-12-5-8(2)10(13)6-11(12)14/h5-6,9,15H,4,7,14H2,1-3H3. The minimum atomic E-state index is -0.249. The third-order valence-electron chi connectivity index (χ3n) is 2.55. The van der Waals surface area contributed by atoms with Crippen LogP contribution in [0.5, 0.6) is 0 Å². The molecule has 0 aliphatic heterocycles. The van der Waals surface area contributed by atoms with E-state index in [0.29, 0.717) is 17.3 Å². The molecule has 0 fully saturated rings. The van der Waals surface area contributed by atoms with Gasteiger partial charge in [-0.25, -0.2) is 4.39 Å². The van der Waals surface area contributed by atoms with Gasteiger partial charge in [-0.05, 0) is 37.3 Å². The van der Waals surface area contributed by atoms with E-state index in [9.17, 15) is 4.39 Å². The number of benzene rings is 1. The molecule has 1 unspecified atom stereocenters. The summed E-state index contributed by atoms with van der Waals surface area (Å²) in [6, 6.07) is 3.53. The van der Waals surface area contributed by atoms with E-state index in [1.807, 2.05) is 0 Å². The molecule has 0 heterocycles. The van der Waals surface area contributed by atoms with E-state index in [1.165, 1.54) is 6.07 Å². The van der Waals surface area contributed by atoms with E-state index >= 15 is 0 Å². The van der Waals surface area contributed by atoms with Gasteiger partial charge in [0.05, 0.1) is 11.4 Å². The van der Waals surface area contributed by atoms with Crippen LogP contribution < -0.4 is 11.1 Å². The van der Waals surface area contributed by atoms with Gasteiger partial charge in [0, 0.05) is 11.8 Å². The highest BCUT2D eigenvalue weighted by Gasteiger charge is 2.09. The molecule has 0 saturated heterocycles. The molecule has 0 saturated carbocycles. The molecule has 90 valence electrons. The number of nitrogens with one attached hydrogen (secondary N) is 1. The number of hydrogen-bond acceptors (Lipinski definition) is 3. The zero-order chi connectivity index (χ0) is 12.1. The molecular formula is C12H19FN2S. The zero-order valence-electron chi connectivity index (χ0n) is 10.0. The molecule has 0 bridgehead atoms. The normalized spacial score (nSPS) is 12.5. The van der Waals surface area contributed by atoms with Gasteiger partial charge in [0.2, 0.25) is 0 Å². The van der Waals surface area contributed by atoms with Gasteiger partial charge in [-0.15, -0.1) is 0 Å². The lowest BCUT2D eigenvalue weighted by Crippen LogP contribution is -2.21. The highest BCUT2D eigenvalue weighted by molar-refractivity contribution is 7.98. The summed E-state index contributed by atoms with van der Waals surface area (Å²) in [6.45, 7) is 3.87. The topological polar surface area (TPSA) is 38.0 Å². The molecule has 1 aromatic rings. The fraction of sp³-hybridized carbons (Fsp3) is 0.500. The number of anilines is 2. The molecule has 0 aromatic heterocycles. The van der Waals surface area contributed by atoms with E-state index in [4.69, 9.17) is 5.73 Å². The van der Waals surface area contributed by atoms with Gasteiger partial charge in [-0.2, -0.15) is 11.8 Å². The second-order valence-electron chi connectivity index (χ2n) is 3.89. The van der Waals surface area contributed by atoms with Crippen molar-refractivity contribution in [2.45, 2.75) is 26.3 Å². The lowest BCUT2D eigenvalue weighted by molar-refractivity contribution is 0.619. The van der Waals surface area contributed by atoms with Crippen LogP contribution in [0.2, 0.25) is 0 Å². The average Bonchev–Trinajstić information content (AvgIpc) is 2.25. The predicted octanol–water partition coefficient (Wildman–Crippen LogP) is 3.27. The van der Waals surface area contributed by atoms with Crippen molar-refractivity contribution >= 4 is 23.1 Å². The minimum Gasteiger partial charge on any atom is -0.397 e. The predicted molar refractivity (Wildman–Crippen MR) is 71.6 cm³/mol. The summed E-state index contributed by atoms with van der Waals surface area (Å²) in [5.41, 5.74) is 7.71. The SMILES string of the molecule is CCC(CSC)Nc1cc(C)c(F)cc1N. The molecule has 2 nitrogen and oxygen atoms in total. The summed E-state index contributed by atoms with van der Waals surface area (Å²) in [4.78, 5) is 0. The van der Waals surface area contributed by atoms with Crippen LogP contribution in [0.3, 0.4) is 0 Å². The Morgan fingerprint density at radius 2 is 2.19 bits per heavy atom. The van der Waals surface area contributed by atoms with E-state index in [0.717, 1.165) is 17.9 Å². The van der Waals surface area contributed by atoms with Crippen molar-refractivity contribution < 1.29 is 4.39 Å². The number of rotatable bonds is 5. The van der Waals surface area contributed by atoms with E-state index in [2.05, 4.69) is 18.5 Å². The highest BCUT2D eigenvalue weighted by Crippen LogP contribution is 2.24. The Hall–Kier alpha value is -0.900. The van der Waals surface area contributed by atoms with Crippen molar-refractivity contribution in [3.8, 4) is 0 Å². The first kappa shape index (κ1) is 13.2. The maximum Gasteiger partial charge on any atom is 0.128 e. The Kier molecular flexibility index (Phi) is 4.93. The first-order valence-electron chi connectivity index (χ1n) is 5.39.